The third-order valence-electron chi connectivity index (χ3n) is 3.84. The summed E-state index contributed by atoms with van der Waals surface area (Å²) in [5.74, 6) is -0.428. The molecule has 122 valence electrons. The summed E-state index contributed by atoms with van der Waals surface area (Å²) in [7, 11) is 0. The van der Waals surface area contributed by atoms with Crippen molar-refractivity contribution in [1.29, 1.82) is 5.26 Å². The molecule has 0 unspecified atom stereocenters. The molecular formula is C20H21N3O. The number of para-hydroxylation sites is 1. The minimum absolute atomic E-state index is 0.0256. The SMILES string of the molecule is Cc1ccc(NC(=O)/C(C#N)=C\Nc2c(C)cccc2C)c(C)c1. The number of hydrogen-bond donors (Lipinski definition) is 2. The van der Waals surface area contributed by atoms with Gasteiger partial charge in [0.2, 0.25) is 0 Å². The lowest BCUT2D eigenvalue weighted by atomic mass is 10.1. The molecule has 0 aliphatic heterocycles. The van der Waals surface area contributed by atoms with E-state index in [0.717, 1.165) is 27.9 Å². The Morgan fingerprint density at radius 1 is 1.04 bits per heavy atom. The van der Waals surface area contributed by atoms with Gasteiger partial charge in [0.25, 0.3) is 5.91 Å². The molecule has 2 aromatic carbocycles. The molecule has 2 N–H and O–H groups in total. The molecule has 24 heavy (non-hydrogen) atoms. The second-order valence-electron chi connectivity index (χ2n) is 5.85. The third kappa shape index (κ3) is 4.02. The lowest BCUT2D eigenvalue weighted by Gasteiger charge is -2.11. The van der Waals surface area contributed by atoms with E-state index in [-0.39, 0.29) is 5.57 Å². The van der Waals surface area contributed by atoms with Crippen LogP contribution in [0.1, 0.15) is 22.3 Å². The van der Waals surface area contributed by atoms with Crippen LogP contribution in [0.3, 0.4) is 0 Å². The number of anilines is 2. The van der Waals surface area contributed by atoms with Crippen molar-refractivity contribution >= 4 is 17.3 Å². The Morgan fingerprint density at radius 2 is 1.71 bits per heavy atom. The van der Waals surface area contributed by atoms with Crippen LogP contribution in [-0.4, -0.2) is 5.91 Å². The van der Waals surface area contributed by atoms with Gasteiger partial charge in [-0.15, -0.1) is 0 Å². The first kappa shape index (κ1) is 17.3. The topological polar surface area (TPSA) is 64.9 Å². The van der Waals surface area contributed by atoms with E-state index in [9.17, 15) is 10.1 Å². The number of nitriles is 1. The van der Waals surface area contributed by atoms with Gasteiger partial charge in [0.1, 0.15) is 11.6 Å². The third-order valence-corrected chi connectivity index (χ3v) is 3.84. The highest BCUT2D eigenvalue weighted by Gasteiger charge is 2.11. The van der Waals surface area contributed by atoms with Crippen molar-refractivity contribution in [1.82, 2.24) is 0 Å². The zero-order valence-corrected chi connectivity index (χ0v) is 14.4. The van der Waals surface area contributed by atoms with Gasteiger partial charge in [-0.1, -0.05) is 35.9 Å². The first-order valence-corrected chi connectivity index (χ1v) is 7.74. The lowest BCUT2D eigenvalue weighted by Crippen LogP contribution is -2.15. The Hall–Kier alpha value is -3.06. The fourth-order valence-electron chi connectivity index (χ4n) is 2.48. The average molecular weight is 319 g/mol. The van der Waals surface area contributed by atoms with E-state index in [4.69, 9.17) is 0 Å². The summed E-state index contributed by atoms with van der Waals surface area (Å²) < 4.78 is 0. The van der Waals surface area contributed by atoms with Crippen molar-refractivity contribution in [3.8, 4) is 6.07 Å². The zero-order valence-electron chi connectivity index (χ0n) is 14.4. The molecule has 0 saturated carbocycles. The monoisotopic (exact) mass is 319 g/mol. The number of hydrogen-bond acceptors (Lipinski definition) is 3. The highest BCUT2D eigenvalue weighted by Crippen LogP contribution is 2.20. The van der Waals surface area contributed by atoms with Crippen molar-refractivity contribution in [3.05, 3.63) is 70.4 Å². The maximum atomic E-state index is 12.3. The molecule has 0 radical (unpaired) electrons. The summed E-state index contributed by atoms with van der Waals surface area (Å²) >= 11 is 0. The van der Waals surface area contributed by atoms with Crippen LogP contribution in [0.2, 0.25) is 0 Å². The molecule has 0 aliphatic rings. The first-order chi connectivity index (χ1) is 11.4. The van der Waals surface area contributed by atoms with Crippen molar-refractivity contribution < 1.29 is 4.79 Å². The number of nitrogens with one attached hydrogen (secondary N) is 2. The predicted octanol–water partition coefficient (Wildman–Crippen LogP) is 4.38. The molecule has 0 saturated heterocycles. The summed E-state index contributed by atoms with van der Waals surface area (Å²) in [6, 6.07) is 13.6. The largest absolute Gasteiger partial charge is 0.360 e. The molecule has 0 heterocycles. The highest BCUT2D eigenvalue weighted by molar-refractivity contribution is 6.07. The molecule has 0 fully saturated rings. The number of nitrogens with zero attached hydrogens (tertiary/aromatic N) is 1. The summed E-state index contributed by atoms with van der Waals surface area (Å²) in [5.41, 5.74) is 5.83. The van der Waals surface area contributed by atoms with E-state index >= 15 is 0 Å². The first-order valence-electron chi connectivity index (χ1n) is 7.74. The molecule has 4 heteroatoms. The lowest BCUT2D eigenvalue weighted by molar-refractivity contribution is -0.112. The Kier molecular flexibility index (Phi) is 5.39. The van der Waals surface area contributed by atoms with Gasteiger partial charge in [0.15, 0.2) is 0 Å². The Morgan fingerprint density at radius 3 is 2.29 bits per heavy atom. The fraction of sp³-hybridized carbons (Fsp3) is 0.200. The van der Waals surface area contributed by atoms with Crippen LogP contribution in [0, 0.1) is 39.0 Å². The zero-order chi connectivity index (χ0) is 17.7. The Labute approximate surface area is 142 Å². The molecule has 2 rings (SSSR count). The number of carbonyl (C=O) groups excluding carboxylic acids is 1. The average Bonchev–Trinajstić information content (AvgIpc) is 2.53. The van der Waals surface area contributed by atoms with Gasteiger partial charge in [0, 0.05) is 17.6 Å². The molecule has 0 aromatic heterocycles. The number of benzene rings is 2. The van der Waals surface area contributed by atoms with E-state index in [2.05, 4.69) is 10.6 Å². The standard InChI is InChI=1S/C20H21N3O/c1-13-8-9-18(16(4)10-13)23-20(24)17(11-21)12-22-19-14(2)6-5-7-15(19)3/h5-10,12,22H,1-4H3,(H,23,24)/b17-12-. The normalized spacial score (nSPS) is 10.9. The smallest absolute Gasteiger partial charge is 0.267 e. The van der Waals surface area contributed by atoms with Gasteiger partial charge in [-0.3, -0.25) is 4.79 Å². The van der Waals surface area contributed by atoms with Crippen LogP contribution < -0.4 is 10.6 Å². The van der Waals surface area contributed by atoms with Gasteiger partial charge in [-0.2, -0.15) is 5.26 Å². The van der Waals surface area contributed by atoms with Crippen molar-refractivity contribution in [3.63, 3.8) is 0 Å². The number of carbonyl (C=O) groups is 1. The van der Waals surface area contributed by atoms with Gasteiger partial charge in [-0.25, -0.2) is 0 Å². The minimum atomic E-state index is -0.428. The fourth-order valence-corrected chi connectivity index (χ4v) is 2.48. The van der Waals surface area contributed by atoms with E-state index in [0.29, 0.717) is 5.69 Å². The molecule has 0 spiro atoms. The van der Waals surface area contributed by atoms with Crippen molar-refractivity contribution in [2.45, 2.75) is 27.7 Å². The van der Waals surface area contributed by atoms with E-state index < -0.39 is 5.91 Å². The Balaban J connectivity index is 2.18. The van der Waals surface area contributed by atoms with E-state index in [1.54, 1.807) is 0 Å². The number of aryl methyl sites for hydroxylation is 4. The second-order valence-corrected chi connectivity index (χ2v) is 5.85. The predicted molar refractivity (Wildman–Crippen MR) is 97.8 cm³/mol. The molecule has 0 bridgehead atoms. The van der Waals surface area contributed by atoms with Crippen LogP contribution in [-0.2, 0) is 4.79 Å². The van der Waals surface area contributed by atoms with Crippen molar-refractivity contribution in [2.24, 2.45) is 0 Å². The van der Waals surface area contributed by atoms with Gasteiger partial charge in [0.05, 0.1) is 0 Å². The molecule has 2 aromatic rings. The maximum absolute atomic E-state index is 12.3. The highest BCUT2D eigenvalue weighted by atomic mass is 16.1. The molecular weight excluding hydrogens is 298 g/mol. The number of rotatable bonds is 4. The van der Waals surface area contributed by atoms with Gasteiger partial charge < -0.3 is 10.6 Å². The minimum Gasteiger partial charge on any atom is -0.360 e. The van der Waals surface area contributed by atoms with Crippen LogP contribution in [0.15, 0.2) is 48.2 Å². The van der Waals surface area contributed by atoms with Crippen molar-refractivity contribution in [2.75, 3.05) is 10.6 Å². The van der Waals surface area contributed by atoms with Crippen LogP contribution in [0.25, 0.3) is 0 Å². The van der Waals surface area contributed by atoms with Gasteiger partial charge in [-0.05, 0) is 50.5 Å². The molecule has 0 atom stereocenters. The summed E-state index contributed by atoms with van der Waals surface area (Å²) in [4.78, 5) is 12.3. The Bertz CT molecular complexity index is 824. The molecule has 4 nitrogen and oxygen atoms in total. The summed E-state index contributed by atoms with van der Waals surface area (Å²) in [6.07, 6.45) is 1.45. The molecule has 1 amide bonds. The quantitative estimate of drug-likeness (QED) is 0.649. The van der Waals surface area contributed by atoms with Crippen LogP contribution in [0.5, 0.6) is 0 Å². The summed E-state index contributed by atoms with van der Waals surface area (Å²) in [5, 5.41) is 15.1. The van der Waals surface area contributed by atoms with Gasteiger partial charge >= 0.3 is 0 Å². The van der Waals surface area contributed by atoms with E-state index in [1.165, 1.54) is 6.20 Å². The maximum Gasteiger partial charge on any atom is 0.267 e. The summed E-state index contributed by atoms with van der Waals surface area (Å²) in [6.45, 7) is 7.87. The number of amides is 1. The van der Waals surface area contributed by atoms with E-state index in [1.807, 2.05) is 70.2 Å². The van der Waals surface area contributed by atoms with Crippen LogP contribution in [0.4, 0.5) is 11.4 Å². The van der Waals surface area contributed by atoms with Crippen LogP contribution >= 0.6 is 0 Å². The molecule has 0 aliphatic carbocycles. The second kappa shape index (κ2) is 7.47.